The van der Waals surface area contributed by atoms with Gasteiger partial charge in [-0.15, -0.1) is 10.1 Å². The smallest absolute Gasteiger partial charge is 0.291 e. The van der Waals surface area contributed by atoms with Crippen molar-refractivity contribution in [1.29, 1.82) is 0 Å². The van der Waals surface area contributed by atoms with Gasteiger partial charge in [0.15, 0.2) is 0 Å². The predicted octanol–water partition coefficient (Wildman–Crippen LogP) is 4.16. The fourth-order valence-corrected chi connectivity index (χ4v) is 6.07. The number of piperidine rings is 3. The van der Waals surface area contributed by atoms with Crippen molar-refractivity contribution in [2.45, 2.75) is 31.5 Å². The third-order valence-corrected chi connectivity index (χ3v) is 8.12. The van der Waals surface area contributed by atoms with Crippen molar-refractivity contribution in [2.75, 3.05) is 32.8 Å². The molecule has 0 aromatic heterocycles. The summed E-state index contributed by atoms with van der Waals surface area (Å²) in [4.78, 5) is 8.36. The molecule has 3 fully saturated rings. The molecular weight excluding hydrogens is 456 g/mol. The Morgan fingerprint density at radius 1 is 0.833 bits per heavy atom. The maximum absolute atomic E-state index is 14.9. The van der Waals surface area contributed by atoms with Gasteiger partial charge >= 0.3 is 0 Å². The second-order valence-electron chi connectivity index (χ2n) is 9.96. The van der Waals surface area contributed by atoms with Crippen molar-refractivity contribution in [3.05, 3.63) is 118 Å². The molecule has 0 atom stereocenters. The largest absolute Gasteiger partial charge is 0.842 e. The van der Waals surface area contributed by atoms with Crippen LogP contribution in [-0.4, -0.2) is 47.6 Å². The Balaban J connectivity index is 0.000000709. The third-order valence-electron chi connectivity index (χ3n) is 8.12. The molecule has 7 nitrogen and oxygen atoms in total. The van der Waals surface area contributed by atoms with Crippen molar-refractivity contribution in [1.82, 2.24) is 0 Å². The molecule has 3 saturated heterocycles. The van der Waals surface area contributed by atoms with Gasteiger partial charge in [0.25, 0.3) is 5.09 Å². The normalized spacial score (nSPS) is 22.9. The highest BCUT2D eigenvalue weighted by molar-refractivity contribution is 5.38. The van der Waals surface area contributed by atoms with E-state index in [1.165, 1.54) is 5.56 Å². The van der Waals surface area contributed by atoms with Crippen LogP contribution in [0.15, 0.2) is 91.0 Å². The van der Waals surface area contributed by atoms with Gasteiger partial charge in [-0.1, -0.05) is 108 Å². The second-order valence-corrected chi connectivity index (χ2v) is 9.96. The molecule has 0 radical (unpaired) electrons. The summed E-state index contributed by atoms with van der Waals surface area (Å²) in [6.07, 6.45) is 2.96. The predicted molar refractivity (Wildman–Crippen MR) is 135 cm³/mol. The molecule has 0 aliphatic carbocycles. The van der Waals surface area contributed by atoms with Crippen molar-refractivity contribution < 1.29 is 24.6 Å². The Hall–Kier alpha value is -3.26. The third kappa shape index (κ3) is 5.43. The molecule has 2 bridgehead atoms. The zero-order chi connectivity index (χ0) is 25.5. The number of hydrogen-bond donors (Lipinski definition) is 1. The number of benzene rings is 3. The van der Waals surface area contributed by atoms with Gasteiger partial charge in [0.1, 0.15) is 6.54 Å². The van der Waals surface area contributed by atoms with E-state index >= 15 is 0 Å². The maximum atomic E-state index is 14.9. The fraction of sp³-hybridized carbons (Fsp3) is 0.379. The summed E-state index contributed by atoms with van der Waals surface area (Å²) in [6.45, 7) is 5.75. The zero-order valence-corrected chi connectivity index (χ0v) is 20.5. The van der Waals surface area contributed by atoms with E-state index in [-0.39, 0.29) is 5.41 Å². The standard InChI is InChI=1S/C29H33NO2.HNO3/c31-29(26-12-6-2-7-13-26,27-14-8-3-9-15-27)28-16-19-30(20-17-28,21-18-28)22-23-32-24-25-10-4-1-5-11-25;2-1(3)4/h1-15H,16-24H2;(H,2,3,4). The minimum atomic E-state index is -1.50. The molecule has 1 N–H and O–H groups in total. The Bertz CT molecular complexity index is 1040. The van der Waals surface area contributed by atoms with Crippen LogP contribution in [0.1, 0.15) is 36.0 Å². The summed E-state index contributed by atoms with van der Waals surface area (Å²) in [6, 6.07) is 30.6. The van der Waals surface area contributed by atoms with Crippen LogP contribution >= 0.6 is 0 Å². The summed E-state index contributed by atoms with van der Waals surface area (Å²) >= 11 is 0. The molecule has 3 aliphatic rings. The first-order valence-corrected chi connectivity index (χ1v) is 12.5. The first kappa shape index (κ1) is 25.8. The fourth-order valence-electron chi connectivity index (χ4n) is 6.07. The lowest BCUT2D eigenvalue weighted by Crippen LogP contribution is -2.69. The van der Waals surface area contributed by atoms with Crippen LogP contribution in [-0.2, 0) is 16.9 Å². The molecule has 3 aromatic rings. The van der Waals surface area contributed by atoms with E-state index in [9.17, 15) is 5.11 Å². The van der Waals surface area contributed by atoms with E-state index in [4.69, 9.17) is 20.1 Å². The molecule has 3 aromatic carbocycles. The highest BCUT2D eigenvalue weighted by Gasteiger charge is 2.55. The van der Waals surface area contributed by atoms with Gasteiger partial charge in [0, 0.05) is 19.3 Å². The van der Waals surface area contributed by atoms with Gasteiger partial charge in [0.2, 0.25) is 0 Å². The second kappa shape index (κ2) is 11.2. The molecular formula is C29H34N2O5. The Labute approximate surface area is 212 Å². The molecule has 36 heavy (non-hydrogen) atoms. The zero-order valence-electron chi connectivity index (χ0n) is 20.5. The number of fused-ring (bicyclic) bond motifs is 3. The lowest BCUT2D eigenvalue weighted by Gasteiger charge is -2.65. The average molecular weight is 491 g/mol. The lowest BCUT2D eigenvalue weighted by molar-refractivity contribution is -0.947. The number of ether oxygens (including phenoxy) is 1. The van der Waals surface area contributed by atoms with Crippen LogP contribution in [0.4, 0.5) is 0 Å². The van der Waals surface area contributed by atoms with E-state index in [1.807, 2.05) is 66.7 Å². The molecule has 190 valence electrons. The quantitative estimate of drug-likeness (QED) is 0.221. The van der Waals surface area contributed by atoms with Gasteiger partial charge in [-0.05, 0) is 11.0 Å². The number of nitrogens with zero attached hydrogens (tertiary/aromatic N) is 2. The van der Waals surface area contributed by atoms with Crippen molar-refractivity contribution in [3.63, 3.8) is 0 Å². The topological polar surface area (TPSA) is 95.7 Å². The van der Waals surface area contributed by atoms with Crippen LogP contribution in [0.25, 0.3) is 0 Å². The van der Waals surface area contributed by atoms with Gasteiger partial charge < -0.3 is 19.5 Å². The van der Waals surface area contributed by atoms with Crippen molar-refractivity contribution in [2.24, 2.45) is 5.41 Å². The van der Waals surface area contributed by atoms with Crippen LogP contribution in [0.3, 0.4) is 0 Å². The number of quaternary nitrogens is 1. The molecule has 0 amide bonds. The Morgan fingerprint density at radius 2 is 1.25 bits per heavy atom. The van der Waals surface area contributed by atoms with E-state index in [2.05, 4.69) is 24.3 Å². The highest BCUT2D eigenvalue weighted by atomic mass is 16.9. The lowest BCUT2D eigenvalue weighted by atomic mass is 9.56. The SMILES string of the molecule is O=[N+]([O-])O.[O-]C(c1ccccc1)(c1ccccc1)C12CC[N+](CCOCc3ccccc3)(CC1)CC2. The molecule has 0 spiro atoms. The van der Waals surface area contributed by atoms with Crippen LogP contribution in [0.2, 0.25) is 0 Å². The molecule has 7 heteroatoms. The summed E-state index contributed by atoms with van der Waals surface area (Å²) in [5, 5.41) is 28.6. The molecule has 6 rings (SSSR count). The highest BCUT2D eigenvalue weighted by Crippen LogP contribution is 2.55. The minimum Gasteiger partial charge on any atom is -0.842 e. The summed E-state index contributed by atoms with van der Waals surface area (Å²) in [5.74, 6) is 0. The Kier molecular flexibility index (Phi) is 8.04. The van der Waals surface area contributed by atoms with E-state index in [1.54, 1.807) is 0 Å². The van der Waals surface area contributed by atoms with Crippen molar-refractivity contribution >= 4 is 0 Å². The molecule has 3 aliphatic heterocycles. The van der Waals surface area contributed by atoms with Gasteiger partial charge in [-0.25, -0.2) is 0 Å². The summed E-state index contributed by atoms with van der Waals surface area (Å²) < 4.78 is 7.13. The summed E-state index contributed by atoms with van der Waals surface area (Å²) in [5.41, 5.74) is 1.64. The first-order chi connectivity index (χ1) is 17.4. The molecule has 3 heterocycles. The van der Waals surface area contributed by atoms with Crippen LogP contribution < -0.4 is 5.11 Å². The number of rotatable bonds is 8. The van der Waals surface area contributed by atoms with E-state index in [0.717, 1.165) is 67.7 Å². The minimum absolute atomic E-state index is 0.222. The summed E-state index contributed by atoms with van der Waals surface area (Å²) in [7, 11) is 0. The monoisotopic (exact) mass is 490 g/mol. The van der Waals surface area contributed by atoms with E-state index in [0.29, 0.717) is 6.61 Å². The first-order valence-electron chi connectivity index (χ1n) is 12.5. The van der Waals surface area contributed by atoms with Gasteiger partial charge in [0.05, 0.1) is 32.8 Å². The Morgan fingerprint density at radius 3 is 1.69 bits per heavy atom. The van der Waals surface area contributed by atoms with Gasteiger partial charge in [-0.3, -0.25) is 0 Å². The van der Waals surface area contributed by atoms with Crippen LogP contribution in [0.5, 0.6) is 0 Å². The van der Waals surface area contributed by atoms with Crippen molar-refractivity contribution in [3.8, 4) is 0 Å². The molecule has 0 saturated carbocycles. The maximum Gasteiger partial charge on any atom is 0.291 e. The van der Waals surface area contributed by atoms with Crippen LogP contribution in [0, 0.1) is 15.5 Å². The average Bonchev–Trinajstić information content (AvgIpc) is 2.93. The number of hydrogen-bond acceptors (Lipinski definition) is 4. The van der Waals surface area contributed by atoms with Gasteiger partial charge in [-0.2, -0.15) is 0 Å². The van der Waals surface area contributed by atoms with E-state index < -0.39 is 10.7 Å². The molecule has 0 unspecified atom stereocenters.